The third-order valence-electron chi connectivity index (χ3n) is 2.41. The van der Waals surface area contributed by atoms with E-state index in [1.807, 2.05) is 26.0 Å². The maximum atomic E-state index is 11.9. The fraction of sp³-hybridized carbons (Fsp3) is 0.357. The van der Waals surface area contributed by atoms with E-state index in [1.165, 1.54) is 0 Å². The van der Waals surface area contributed by atoms with Crippen LogP contribution in [0.2, 0.25) is 0 Å². The summed E-state index contributed by atoms with van der Waals surface area (Å²) in [4.78, 5) is 11.9. The Morgan fingerprint density at radius 2 is 1.88 bits per heavy atom. The van der Waals surface area contributed by atoms with Gasteiger partial charge in [0.05, 0.1) is 0 Å². The van der Waals surface area contributed by atoms with Crippen LogP contribution in [0.15, 0.2) is 16.6 Å². The zero-order valence-electron chi connectivity index (χ0n) is 9.86. The highest BCUT2D eigenvalue weighted by atomic mass is 79.9. The lowest BCUT2D eigenvalue weighted by Gasteiger charge is -2.06. The fourth-order valence-corrected chi connectivity index (χ4v) is 1.78. The summed E-state index contributed by atoms with van der Waals surface area (Å²) in [6, 6.07) is 3.86. The molecule has 0 aliphatic carbocycles. The Bertz CT molecular complexity index is 440. The lowest BCUT2D eigenvalue weighted by Crippen LogP contribution is -2.00. The third kappa shape index (κ3) is 3.21. The average molecular weight is 279 g/mol. The number of rotatable bonds is 3. The number of carbonyl (C=O) groups is 1. The van der Waals surface area contributed by atoms with Crippen molar-refractivity contribution >= 4 is 21.7 Å². The second-order valence-corrected chi connectivity index (χ2v) is 4.57. The first kappa shape index (κ1) is 13.0. The van der Waals surface area contributed by atoms with Crippen LogP contribution in [0.1, 0.15) is 41.3 Å². The summed E-state index contributed by atoms with van der Waals surface area (Å²) in [5.74, 6) is 5.87. The summed E-state index contributed by atoms with van der Waals surface area (Å²) in [5, 5.41) is 0. The van der Waals surface area contributed by atoms with Crippen LogP contribution in [0.5, 0.6) is 0 Å². The van der Waals surface area contributed by atoms with Gasteiger partial charge in [-0.25, -0.2) is 0 Å². The van der Waals surface area contributed by atoms with Gasteiger partial charge in [-0.3, -0.25) is 4.79 Å². The molecule has 2 heteroatoms. The average Bonchev–Trinajstić information content (AvgIpc) is 2.25. The molecule has 0 spiro atoms. The molecule has 0 aliphatic rings. The van der Waals surface area contributed by atoms with Gasteiger partial charge in [-0.1, -0.05) is 15.9 Å². The molecule has 1 rings (SSSR count). The highest BCUT2D eigenvalue weighted by Crippen LogP contribution is 2.23. The van der Waals surface area contributed by atoms with Crippen molar-refractivity contribution < 1.29 is 4.79 Å². The molecular formula is C14H15BrO. The van der Waals surface area contributed by atoms with Crippen LogP contribution in [-0.2, 0) is 0 Å². The van der Waals surface area contributed by atoms with Gasteiger partial charge >= 0.3 is 0 Å². The molecule has 0 fully saturated rings. The van der Waals surface area contributed by atoms with Crippen LogP contribution in [-0.4, -0.2) is 5.78 Å². The van der Waals surface area contributed by atoms with E-state index >= 15 is 0 Å². The minimum atomic E-state index is 0.168. The van der Waals surface area contributed by atoms with Gasteiger partial charge in [0.2, 0.25) is 0 Å². The van der Waals surface area contributed by atoms with E-state index in [0.29, 0.717) is 12.8 Å². The second kappa shape index (κ2) is 5.86. The first-order valence-corrected chi connectivity index (χ1v) is 6.05. The van der Waals surface area contributed by atoms with E-state index in [0.717, 1.165) is 21.2 Å². The Kier molecular flexibility index (Phi) is 4.76. The Balaban J connectivity index is 2.87. The number of benzene rings is 1. The maximum absolute atomic E-state index is 11.9. The lowest BCUT2D eigenvalue weighted by atomic mass is 10.0. The normalized spacial score (nSPS) is 9.50. The number of hydrogen-bond donors (Lipinski definition) is 0. The minimum Gasteiger partial charge on any atom is -0.294 e. The summed E-state index contributed by atoms with van der Waals surface area (Å²) < 4.78 is 1.08. The van der Waals surface area contributed by atoms with Crippen molar-refractivity contribution in [2.75, 3.05) is 0 Å². The summed E-state index contributed by atoms with van der Waals surface area (Å²) in [5.41, 5.74) is 2.99. The monoisotopic (exact) mass is 278 g/mol. The van der Waals surface area contributed by atoms with Gasteiger partial charge < -0.3 is 0 Å². The molecule has 0 aliphatic heterocycles. The van der Waals surface area contributed by atoms with E-state index in [2.05, 4.69) is 27.8 Å². The molecule has 0 unspecified atom stereocenters. The van der Waals surface area contributed by atoms with E-state index in [1.54, 1.807) is 6.92 Å². The zero-order chi connectivity index (χ0) is 12.1. The number of halogens is 1. The van der Waals surface area contributed by atoms with Gasteiger partial charge in [0.25, 0.3) is 0 Å². The minimum absolute atomic E-state index is 0.168. The Labute approximate surface area is 105 Å². The molecule has 0 N–H and O–H groups in total. The van der Waals surface area contributed by atoms with E-state index in [4.69, 9.17) is 0 Å². The first-order chi connectivity index (χ1) is 7.56. The smallest absolute Gasteiger partial charge is 0.163 e. The summed E-state index contributed by atoms with van der Waals surface area (Å²) in [7, 11) is 0. The molecule has 0 amide bonds. The SMILES string of the molecule is CC#CCCC(=O)c1cc(C)c(Br)c(C)c1. The van der Waals surface area contributed by atoms with Crippen molar-refractivity contribution in [1.29, 1.82) is 0 Å². The molecule has 0 aromatic heterocycles. The summed E-state index contributed by atoms with van der Waals surface area (Å²) in [6.45, 7) is 5.79. The van der Waals surface area contributed by atoms with Crippen LogP contribution in [0.25, 0.3) is 0 Å². The molecule has 0 heterocycles. The third-order valence-corrected chi connectivity index (χ3v) is 3.66. The van der Waals surface area contributed by atoms with E-state index < -0.39 is 0 Å². The Morgan fingerprint density at radius 1 is 1.31 bits per heavy atom. The van der Waals surface area contributed by atoms with Gasteiger partial charge in [-0.2, -0.15) is 0 Å². The Hall–Kier alpha value is -1.07. The van der Waals surface area contributed by atoms with Crippen LogP contribution in [0, 0.1) is 25.7 Å². The highest BCUT2D eigenvalue weighted by Gasteiger charge is 2.08. The molecule has 1 aromatic carbocycles. The molecule has 0 saturated heterocycles. The predicted molar refractivity (Wildman–Crippen MR) is 70.6 cm³/mol. The van der Waals surface area contributed by atoms with Crippen LogP contribution in [0.4, 0.5) is 0 Å². The van der Waals surface area contributed by atoms with Gasteiger partial charge in [-0.15, -0.1) is 11.8 Å². The molecule has 0 bridgehead atoms. The van der Waals surface area contributed by atoms with Gasteiger partial charge in [0, 0.05) is 22.9 Å². The highest BCUT2D eigenvalue weighted by molar-refractivity contribution is 9.10. The van der Waals surface area contributed by atoms with Crippen LogP contribution in [0.3, 0.4) is 0 Å². The quantitative estimate of drug-likeness (QED) is 0.602. The van der Waals surface area contributed by atoms with Crippen LogP contribution >= 0.6 is 15.9 Å². The van der Waals surface area contributed by atoms with Crippen LogP contribution < -0.4 is 0 Å². The number of carbonyl (C=O) groups excluding carboxylic acids is 1. The van der Waals surface area contributed by atoms with E-state index in [-0.39, 0.29) is 5.78 Å². The van der Waals surface area contributed by atoms with Crippen molar-refractivity contribution in [1.82, 2.24) is 0 Å². The van der Waals surface area contributed by atoms with Crippen molar-refractivity contribution in [3.05, 3.63) is 33.3 Å². The standard InChI is InChI=1S/C14H15BrO/c1-4-5-6-7-13(16)12-8-10(2)14(15)11(3)9-12/h8-9H,6-7H2,1-3H3. The Morgan fingerprint density at radius 3 is 2.38 bits per heavy atom. The number of aryl methyl sites for hydroxylation is 2. The zero-order valence-corrected chi connectivity index (χ0v) is 11.4. The van der Waals surface area contributed by atoms with Gasteiger partial charge in [0.1, 0.15) is 0 Å². The number of ketones is 1. The lowest BCUT2D eigenvalue weighted by molar-refractivity contribution is 0.0984. The fourth-order valence-electron chi connectivity index (χ4n) is 1.55. The van der Waals surface area contributed by atoms with E-state index in [9.17, 15) is 4.79 Å². The first-order valence-electron chi connectivity index (χ1n) is 5.25. The molecule has 84 valence electrons. The van der Waals surface area contributed by atoms with Gasteiger partial charge in [0.15, 0.2) is 5.78 Å². The molecule has 0 atom stereocenters. The largest absolute Gasteiger partial charge is 0.294 e. The van der Waals surface area contributed by atoms with Crippen molar-refractivity contribution in [2.45, 2.75) is 33.6 Å². The number of Topliss-reactive ketones (excluding diaryl/α,β-unsaturated/α-hetero) is 1. The summed E-state index contributed by atoms with van der Waals surface area (Å²) >= 11 is 3.49. The molecular weight excluding hydrogens is 264 g/mol. The van der Waals surface area contributed by atoms with Crippen molar-refractivity contribution in [3.8, 4) is 11.8 Å². The molecule has 1 nitrogen and oxygen atoms in total. The van der Waals surface area contributed by atoms with Gasteiger partial charge in [-0.05, 0) is 44.0 Å². The summed E-state index contributed by atoms with van der Waals surface area (Å²) in [6.07, 6.45) is 1.14. The molecule has 16 heavy (non-hydrogen) atoms. The topological polar surface area (TPSA) is 17.1 Å². The molecule has 0 radical (unpaired) electrons. The molecule has 1 aromatic rings. The van der Waals surface area contributed by atoms with Crippen molar-refractivity contribution in [3.63, 3.8) is 0 Å². The maximum Gasteiger partial charge on any atom is 0.163 e. The molecule has 0 saturated carbocycles. The van der Waals surface area contributed by atoms with Crippen molar-refractivity contribution in [2.24, 2.45) is 0 Å². The number of hydrogen-bond acceptors (Lipinski definition) is 1. The predicted octanol–water partition coefficient (Wildman–Crippen LogP) is 4.05. The second-order valence-electron chi connectivity index (χ2n) is 3.77.